The maximum atomic E-state index is 13.0. The molecule has 1 aromatic carbocycles. The molecule has 3 atom stereocenters. The van der Waals surface area contributed by atoms with Crippen LogP contribution in [-0.2, 0) is 25.9 Å². The molecule has 3 aliphatic heterocycles. The quantitative estimate of drug-likeness (QED) is 0.778. The summed E-state index contributed by atoms with van der Waals surface area (Å²) in [5.41, 5.74) is 1.18. The predicted molar refractivity (Wildman–Crippen MR) is 98.3 cm³/mol. The molecular weight excluding hydrogens is 352 g/mol. The lowest BCUT2D eigenvalue weighted by Gasteiger charge is -2.36. The number of carbonyl (C=O) groups is 1. The lowest BCUT2D eigenvalue weighted by Crippen LogP contribution is -2.50. The molecule has 26 heavy (non-hydrogen) atoms. The molecule has 7 heteroatoms. The van der Waals surface area contributed by atoms with Crippen LogP contribution in [0.2, 0.25) is 0 Å². The Kier molecular flexibility index (Phi) is 5.03. The van der Waals surface area contributed by atoms with Gasteiger partial charge in [0.2, 0.25) is 5.91 Å². The molecule has 0 unspecified atom stereocenters. The molecule has 142 valence electrons. The van der Waals surface area contributed by atoms with Gasteiger partial charge in [-0.1, -0.05) is 30.3 Å². The Morgan fingerprint density at radius 3 is 2.58 bits per heavy atom. The molecule has 0 spiro atoms. The molecule has 3 heterocycles. The van der Waals surface area contributed by atoms with Crippen LogP contribution >= 0.6 is 0 Å². The summed E-state index contributed by atoms with van der Waals surface area (Å²) < 4.78 is 30.6. The smallest absolute Gasteiger partial charge is 0.226 e. The van der Waals surface area contributed by atoms with E-state index in [0.29, 0.717) is 45.8 Å². The number of fused-ring (bicyclic) bond motifs is 1. The van der Waals surface area contributed by atoms with E-state index in [1.54, 1.807) is 0 Å². The molecule has 0 bridgehead atoms. The van der Waals surface area contributed by atoms with E-state index in [1.807, 2.05) is 23.1 Å². The molecule has 0 aliphatic carbocycles. The number of sulfone groups is 1. The zero-order valence-corrected chi connectivity index (χ0v) is 15.7. The zero-order chi connectivity index (χ0) is 18.1. The SMILES string of the molecule is O=C([C@@H]1CCS(=O)(=O)[C@@H]2CN(Cc3ccccc3)C[C@@H]21)N1CCOCC1. The minimum absolute atomic E-state index is 0.0900. The molecule has 0 saturated carbocycles. The largest absolute Gasteiger partial charge is 0.378 e. The van der Waals surface area contributed by atoms with Gasteiger partial charge in [-0.15, -0.1) is 0 Å². The van der Waals surface area contributed by atoms with Crippen molar-refractivity contribution in [2.75, 3.05) is 45.1 Å². The number of likely N-dealkylation sites (tertiary alicyclic amines) is 1. The van der Waals surface area contributed by atoms with Crippen molar-refractivity contribution in [3.8, 4) is 0 Å². The monoisotopic (exact) mass is 378 g/mol. The first kappa shape index (κ1) is 17.9. The van der Waals surface area contributed by atoms with Gasteiger partial charge < -0.3 is 9.64 Å². The molecule has 3 fully saturated rings. The fourth-order valence-electron chi connectivity index (χ4n) is 4.60. The Morgan fingerprint density at radius 1 is 1.12 bits per heavy atom. The summed E-state index contributed by atoms with van der Waals surface area (Å²) in [6.45, 7) is 4.34. The Hall–Kier alpha value is -1.44. The van der Waals surface area contributed by atoms with Crippen molar-refractivity contribution in [1.29, 1.82) is 0 Å². The highest BCUT2D eigenvalue weighted by Gasteiger charge is 2.51. The number of hydrogen-bond acceptors (Lipinski definition) is 5. The van der Waals surface area contributed by atoms with Gasteiger partial charge >= 0.3 is 0 Å². The predicted octanol–water partition coefficient (Wildman–Crippen LogP) is 0.781. The molecule has 1 amide bonds. The highest BCUT2D eigenvalue weighted by molar-refractivity contribution is 7.92. The van der Waals surface area contributed by atoms with Gasteiger partial charge in [0.25, 0.3) is 0 Å². The van der Waals surface area contributed by atoms with Gasteiger partial charge in [0, 0.05) is 44.6 Å². The van der Waals surface area contributed by atoms with Gasteiger partial charge in [0.15, 0.2) is 9.84 Å². The van der Waals surface area contributed by atoms with E-state index in [2.05, 4.69) is 17.0 Å². The maximum absolute atomic E-state index is 13.0. The molecule has 0 radical (unpaired) electrons. The average Bonchev–Trinajstić information content (AvgIpc) is 3.08. The van der Waals surface area contributed by atoms with Crippen molar-refractivity contribution in [2.24, 2.45) is 11.8 Å². The summed E-state index contributed by atoms with van der Waals surface area (Å²) in [6, 6.07) is 10.1. The van der Waals surface area contributed by atoms with Crippen LogP contribution in [0.25, 0.3) is 0 Å². The standard InChI is InChI=1S/C19H26N2O4S/c22-19(21-7-9-25-10-8-21)16-6-11-26(23,24)18-14-20(13-17(16)18)12-15-4-2-1-3-5-15/h1-5,16-18H,6-14H2/t16-,17-,18-/m1/s1. The third kappa shape index (κ3) is 3.52. The lowest BCUT2D eigenvalue weighted by molar-refractivity contribution is -0.141. The van der Waals surface area contributed by atoms with Crippen LogP contribution in [0.5, 0.6) is 0 Å². The number of amides is 1. The molecule has 0 N–H and O–H groups in total. The lowest BCUT2D eigenvalue weighted by atomic mass is 9.87. The number of nitrogens with zero attached hydrogens (tertiary/aromatic N) is 2. The Bertz CT molecular complexity index is 746. The minimum atomic E-state index is -3.12. The van der Waals surface area contributed by atoms with Gasteiger partial charge in [-0.3, -0.25) is 9.69 Å². The fourth-order valence-corrected chi connectivity index (χ4v) is 6.73. The highest BCUT2D eigenvalue weighted by Crippen LogP contribution is 2.38. The van der Waals surface area contributed by atoms with Crippen LogP contribution < -0.4 is 0 Å². The number of hydrogen-bond donors (Lipinski definition) is 0. The zero-order valence-electron chi connectivity index (χ0n) is 14.9. The summed E-state index contributed by atoms with van der Waals surface area (Å²) in [5.74, 6) is -0.0105. The first-order valence-electron chi connectivity index (χ1n) is 9.39. The second-order valence-corrected chi connectivity index (χ2v) is 9.92. The van der Waals surface area contributed by atoms with Crippen molar-refractivity contribution < 1.29 is 17.9 Å². The highest BCUT2D eigenvalue weighted by atomic mass is 32.2. The molecule has 3 saturated heterocycles. The van der Waals surface area contributed by atoms with E-state index >= 15 is 0 Å². The molecule has 6 nitrogen and oxygen atoms in total. The Labute approximate surface area is 155 Å². The fraction of sp³-hybridized carbons (Fsp3) is 0.632. The van der Waals surface area contributed by atoms with Crippen molar-refractivity contribution >= 4 is 15.7 Å². The summed E-state index contributed by atoms with van der Waals surface area (Å²) >= 11 is 0. The number of carbonyl (C=O) groups excluding carboxylic acids is 1. The van der Waals surface area contributed by atoms with E-state index in [0.717, 1.165) is 6.54 Å². The van der Waals surface area contributed by atoms with E-state index < -0.39 is 15.1 Å². The first-order chi connectivity index (χ1) is 12.5. The molecule has 3 aliphatic rings. The van der Waals surface area contributed by atoms with E-state index in [9.17, 15) is 13.2 Å². The van der Waals surface area contributed by atoms with Crippen LogP contribution in [0.3, 0.4) is 0 Å². The number of benzene rings is 1. The van der Waals surface area contributed by atoms with E-state index in [-0.39, 0.29) is 23.5 Å². The summed E-state index contributed by atoms with van der Waals surface area (Å²) in [6.07, 6.45) is 0.457. The van der Waals surface area contributed by atoms with Gasteiger partial charge in [-0.05, 0) is 12.0 Å². The average molecular weight is 378 g/mol. The third-order valence-electron chi connectivity index (χ3n) is 5.97. The van der Waals surface area contributed by atoms with Crippen molar-refractivity contribution in [3.05, 3.63) is 35.9 Å². The molecule has 4 rings (SSSR count). The normalized spacial score (nSPS) is 31.5. The first-order valence-corrected chi connectivity index (χ1v) is 11.1. The van der Waals surface area contributed by atoms with Crippen LogP contribution in [0, 0.1) is 11.8 Å². The van der Waals surface area contributed by atoms with Gasteiger partial charge in [-0.2, -0.15) is 0 Å². The van der Waals surface area contributed by atoms with Crippen molar-refractivity contribution in [2.45, 2.75) is 18.2 Å². The Balaban J connectivity index is 1.51. The number of ether oxygens (including phenoxy) is 1. The molecular formula is C19H26N2O4S. The van der Waals surface area contributed by atoms with Crippen LogP contribution in [0.4, 0.5) is 0 Å². The molecule has 0 aromatic heterocycles. The topological polar surface area (TPSA) is 66.9 Å². The van der Waals surface area contributed by atoms with Crippen LogP contribution in [-0.4, -0.2) is 74.5 Å². The van der Waals surface area contributed by atoms with Crippen molar-refractivity contribution in [1.82, 2.24) is 9.80 Å². The molecule has 1 aromatic rings. The van der Waals surface area contributed by atoms with Crippen LogP contribution in [0.1, 0.15) is 12.0 Å². The second-order valence-electron chi connectivity index (χ2n) is 7.58. The van der Waals surface area contributed by atoms with E-state index in [1.165, 1.54) is 5.56 Å². The maximum Gasteiger partial charge on any atom is 0.226 e. The van der Waals surface area contributed by atoms with Gasteiger partial charge in [0.1, 0.15) is 0 Å². The summed E-state index contributed by atoms with van der Waals surface area (Å²) in [5, 5.41) is -0.407. The minimum Gasteiger partial charge on any atom is -0.378 e. The second kappa shape index (κ2) is 7.29. The Morgan fingerprint density at radius 2 is 1.85 bits per heavy atom. The summed E-state index contributed by atoms with van der Waals surface area (Å²) in [7, 11) is -3.12. The number of morpholine rings is 1. The number of rotatable bonds is 3. The van der Waals surface area contributed by atoms with E-state index in [4.69, 9.17) is 4.74 Å². The third-order valence-corrected chi connectivity index (χ3v) is 8.19. The summed E-state index contributed by atoms with van der Waals surface area (Å²) in [4.78, 5) is 17.1. The van der Waals surface area contributed by atoms with Crippen LogP contribution in [0.15, 0.2) is 30.3 Å². The van der Waals surface area contributed by atoms with Gasteiger partial charge in [-0.25, -0.2) is 8.42 Å². The van der Waals surface area contributed by atoms with Gasteiger partial charge in [0.05, 0.1) is 24.2 Å². The van der Waals surface area contributed by atoms with Crippen molar-refractivity contribution in [3.63, 3.8) is 0 Å².